The molecule has 3 atom stereocenters. The molecule has 0 aromatic heterocycles. The van der Waals surface area contributed by atoms with Crippen LogP contribution in [0.25, 0.3) is 0 Å². The minimum Gasteiger partial charge on any atom is -0.377 e. The first-order chi connectivity index (χ1) is 9.28. The molecule has 1 saturated heterocycles. The fourth-order valence-corrected chi connectivity index (χ4v) is 4.11. The molecule has 0 aromatic carbocycles. The lowest BCUT2D eigenvalue weighted by Gasteiger charge is -2.49. The van der Waals surface area contributed by atoms with Crippen LogP contribution in [0, 0.1) is 11.8 Å². The zero-order valence-electron chi connectivity index (χ0n) is 12.5. The summed E-state index contributed by atoms with van der Waals surface area (Å²) in [6.45, 7) is 3.92. The summed E-state index contributed by atoms with van der Waals surface area (Å²) in [6.07, 6.45) is 9.50. The van der Waals surface area contributed by atoms with Gasteiger partial charge >= 0.3 is 0 Å². The van der Waals surface area contributed by atoms with Crippen molar-refractivity contribution in [3.63, 3.8) is 0 Å². The minimum atomic E-state index is 0.248. The van der Waals surface area contributed by atoms with Gasteiger partial charge in [-0.3, -0.25) is 0 Å². The lowest BCUT2D eigenvalue weighted by Crippen LogP contribution is -2.53. The van der Waals surface area contributed by atoms with Gasteiger partial charge in [0.1, 0.15) is 0 Å². The summed E-state index contributed by atoms with van der Waals surface area (Å²) in [4.78, 5) is 0. The van der Waals surface area contributed by atoms with E-state index in [9.17, 15) is 0 Å². The SMILES string of the molecule is CCOC(C1CC1)C(NC)C1CCOC2(CCC2)C1. The number of likely N-dealkylation sites (N-methyl/N-ethyl adjacent to an activating group) is 1. The van der Waals surface area contributed by atoms with Gasteiger partial charge in [0.15, 0.2) is 0 Å². The highest BCUT2D eigenvalue weighted by molar-refractivity contribution is 5.00. The topological polar surface area (TPSA) is 30.5 Å². The lowest BCUT2D eigenvalue weighted by atomic mass is 9.69. The Bertz CT molecular complexity index is 299. The van der Waals surface area contributed by atoms with Crippen LogP contribution in [0.15, 0.2) is 0 Å². The van der Waals surface area contributed by atoms with Crippen LogP contribution in [-0.4, -0.2) is 38.0 Å². The van der Waals surface area contributed by atoms with Crippen molar-refractivity contribution in [2.75, 3.05) is 20.3 Å². The van der Waals surface area contributed by atoms with Crippen LogP contribution in [0.1, 0.15) is 51.9 Å². The lowest BCUT2D eigenvalue weighted by molar-refractivity contribution is -0.153. The maximum absolute atomic E-state index is 6.09. The van der Waals surface area contributed by atoms with Crippen molar-refractivity contribution in [1.82, 2.24) is 5.32 Å². The summed E-state index contributed by atoms with van der Waals surface area (Å²) in [6, 6.07) is 0.522. The second-order valence-electron chi connectivity index (χ2n) is 6.71. The summed E-state index contributed by atoms with van der Waals surface area (Å²) >= 11 is 0. The smallest absolute Gasteiger partial charge is 0.0758 e. The van der Waals surface area contributed by atoms with Crippen LogP contribution in [-0.2, 0) is 9.47 Å². The Morgan fingerprint density at radius 3 is 2.58 bits per heavy atom. The fourth-order valence-electron chi connectivity index (χ4n) is 4.11. The predicted octanol–water partition coefficient (Wildman–Crippen LogP) is 2.74. The van der Waals surface area contributed by atoms with Gasteiger partial charge in [-0.05, 0) is 70.8 Å². The molecule has 0 radical (unpaired) electrons. The van der Waals surface area contributed by atoms with Crippen LogP contribution in [0.3, 0.4) is 0 Å². The Balaban J connectivity index is 1.66. The number of hydrogen-bond donors (Lipinski definition) is 1. The Kier molecular flexibility index (Phi) is 4.16. The van der Waals surface area contributed by atoms with Crippen molar-refractivity contribution in [1.29, 1.82) is 0 Å². The van der Waals surface area contributed by atoms with Crippen LogP contribution in [0.4, 0.5) is 0 Å². The second-order valence-corrected chi connectivity index (χ2v) is 6.71. The van der Waals surface area contributed by atoms with Crippen molar-refractivity contribution in [3.05, 3.63) is 0 Å². The highest BCUT2D eigenvalue weighted by Gasteiger charge is 2.47. The van der Waals surface area contributed by atoms with Crippen molar-refractivity contribution in [3.8, 4) is 0 Å². The van der Waals surface area contributed by atoms with Gasteiger partial charge in [0, 0.05) is 19.3 Å². The predicted molar refractivity (Wildman–Crippen MR) is 76.2 cm³/mol. The Morgan fingerprint density at radius 1 is 1.26 bits per heavy atom. The van der Waals surface area contributed by atoms with E-state index in [-0.39, 0.29) is 5.60 Å². The number of rotatable bonds is 6. The number of ether oxygens (including phenoxy) is 2. The molecule has 1 N–H and O–H groups in total. The molecule has 3 fully saturated rings. The molecule has 110 valence electrons. The van der Waals surface area contributed by atoms with E-state index in [1.807, 2.05) is 0 Å². The van der Waals surface area contributed by atoms with Gasteiger partial charge in [-0.2, -0.15) is 0 Å². The molecule has 2 aliphatic carbocycles. The van der Waals surface area contributed by atoms with Gasteiger partial charge < -0.3 is 14.8 Å². The molecule has 0 amide bonds. The zero-order valence-corrected chi connectivity index (χ0v) is 12.5. The molecule has 1 aliphatic heterocycles. The van der Waals surface area contributed by atoms with Crippen molar-refractivity contribution >= 4 is 0 Å². The minimum absolute atomic E-state index is 0.248. The molecule has 19 heavy (non-hydrogen) atoms. The van der Waals surface area contributed by atoms with E-state index in [1.54, 1.807) is 0 Å². The first-order valence-electron chi connectivity index (χ1n) is 8.21. The van der Waals surface area contributed by atoms with E-state index in [0.717, 1.165) is 25.0 Å². The molecular weight excluding hydrogens is 238 g/mol. The van der Waals surface area contributed by atoms with E-state index in [2.05, 4.69) is 19.3 Å². The van der Waals surface area contributed by atoms with Gasteiger partial charge in [0.05, 0.1) is 11.7 Å². The summed E-state index contributed by atoms with van der Waals surface area (Å²) in [5.74, 6) is 1.54. The third-order valence-corrected chi connectivity index (χ3v) is 5.44. The van der Waals surface area contributed by atoms with E-state index < -0.39 is 0 Å². The summed E-state index contributed by atoms with van der Waals surface area (Å²) < 4.78 is 12.2. The Hall–Kier alpha value is -0.120. The first-order valence-corrected chi connectivity index (χ1v) is 8.21. The quantitative estimate of drug-likeness (QED) is 0.802. The van der Waals surface area contributed by atoms with Crippen molar-refractivity contribution < 1.29 is 9.47 Å². The van der Waals surface area contributed by atoms with Crippen LogP contribution >= 0.6 is 0 Å². The monoisotopic (exact) mass is 267 g/mol. The molecule has 3 unspecified atom stereocenters. The maximum Gasteiger partial charge on any atom is 0.0758 e. The molecule has 3 rings (SSSR count). The van der Waals surface area contributed by atoms with Crippen LogP contribution in [0.2, 0.25) is 0 Å². The summed E-state index contributed by atoms with van der Waals surface area (Å²) in [5, 5.41) is 3.58. The van der Waals surface area contributed by atoms with Crippen LogP contribution in [0.5, 0.6) is 0 Å². The Morgan fingerprint density at radius 2 is 2.05 bits per heavy atom. The van der Waals surface area contributed by atoms with Crippen molar-refractivity contribution in [2.45, 2.75) is 69.6 Å². The Labute approximate surface area is 117 Å². The van der Waals surface area contributed by atoms with E-state index in [1.165, 1.54) is 44.9 Å². The van der Waals surface area contributed by atoms with Gasteiger partial charge in [0.25, 0.3) is 0 Å². The average molecular weight is 267 g/mol. The molecule has 1 spiro atoms. The zero-order chi connectivity index (χ0) is 13.3. The maximum atomic E-state index is 6.09. The first kappa shape index (κ1) is 13.8. The molecule has 0 bridgehead atoms. The van der Waals surface area contributed by atoms with E-state index in [0.29, 0.717) is 12.1 Å². The average Bonchev–Trinajstić information content (AvgIpc) is 3.21. The van der Waals surface area contributed by atoms with Gasteiger partial charge in [0.2, 0.25) is 0 Å². The van der Waals surface area contributed by atoms with Gasteiger partial charge in [-0.25, -0.2) is 0 Å². The van der Waals surface area contributed by atoms with Crippen molar-refractivity contribution in [2.24, 2.45) is 11.8 Å². The van der Waals surface area contributed by atoms with E-state index in [4.69, 9.17) is 9.47 Å². The summed E-state index contributed by atoms with van der Waals surface area (Å²) in [5.41, 5.74) is 0.248. The highest BCUT2D eigenvalue weighted by Crippen LogP contribution is 2.47. The third-order valence-electron chi connectivity index (χ3n) is 5.44. The molecule has 2 saturated carbocycles. The highest BCUT2D eigenvalue weighted by atomic mass is 16.5. The van der Waals surface area contributed by atoms with Gasteiger partial charge in [-0.1, -0.05) is 0 Å². The molecule has 1 heterocycles. The molecule has 3 nitrogen and oxygen atoms in total. The van der Waals surface area contributed by atoms with E-state index >= 15 is 0 Å². The number of hydrogen-bond acceptors (Lipinski definition) is 3. The second kappa shape index (κ2) is 5.71. The fraction of sp³-hybridized carbons (Fsp3) is 1.00. The summed E-state index contributed by atoms with van der Waals surface area (Å²) in [7, 11) is 2.11. The number of nitrogens with one attached hydrogen (secondary N) is 1. The standard InChI is InChI=1S/C16H29NO2/c1-3-18-15(12-5-6-12)14(17-2)13-7-10-19-16(11-13)8-4-9-16/h12-15,17H,3-11H2,1-2H3. The molecule has 0 aromatic rings. The molecular formula is C16H29NO2. The van der Waals surface area contributed by atoms with Crippen LogP contribution < -0.4 is 5.32 Å². The molecule has 3 heteroatoms. The van der Waals surface area contributed by atoms with Gasteiger partial charge in [-0.15, -0.1) is 0 Å². The third kappa shape index (κ3) is 2.84. The normalized spacial score (nSPS) is 32.8. The largest absolute Gasteiger partial charge is 0.377 e. The molecule has 3 aliphatic rings.